The smallest absolute Gasteiger partial charge is 0.297 e. The zero-order valence-electron chi connectivity index (χ0n) is 20.5. The maximum absolute atomic E-state index is 13.0. The van der Waals surface area contributed by atoms with Gasteiger partial charge in [-0.25, -0.2) is 0 Å². The van der Waals surface area contributed by atoms with E-state index < -0.39 is 21.1 Å². The number of aryl methyl sites for hydroxylation is 2. The van der Waals surface area contributed by atoms with E-state index in [0.29, 0.717) is 49.9 Å². The number of rotatable bonds is 6. The molecule has 1 unspecified atom stereocenters. The van der Waals surface area contributed by atoms with Gasteiger partial charge in [-0.3, -0.25) is 14.3 Å². The van der Waals surface area contributed by atoms with Gasteiger partial charge < -0.3 is 4.57 Å². The van der Waals surface area contributed by atoms with E-state index >= 15 is 0 Å². The van der Waals surface area contributed by atoms with Crippen molar-refractivity contribution in [2.45, 2.75) is 50.7 Å². The molecule has 7 nitrogen and oxygen atoms in total. The summed E-state index contributed by atoms with van der Waals surface area (Å²) >= 11 is 19.7. The molecule has 0 amide bonds. The highest BCUT2D eigenvalue weighted by Gasteiger charge is 2.34. The molecule has 0 saturated heterocycles. The molecule has 0 bridgehead atoms. The summed E-state index contributed by atoms with van der Waals surface area (Å²) in [6.07, 6.45) is 0.384. The van der Waals surface area contributed by atoms with Crippen LogP contribution in [0.25, 0.3) is 10.9 Å². The summed E-state index contributed by atoms with van der Waals surface area (Å²) in [5.41, 5.74) is 3.93. The fourth-order valence-electron chi connectivity index (χ4n) is 5.07. The summed E-state index contributed by atoms with van der Waals surface area (Å²) in [4.78, 5) is 11.8. The molecule has 1 heterocycles. The molecule has 0 spiro atoms. The third-order valence-corrected chi connectivity index (χ3v) is 9.50. The van der Waals surface area contributed by atoms with Gasteiger partial charge in [0.1, 0.15) is 5.52 Å². The van der Waals surface area contributed by atoms with Crippen molar-refractivity contribution >= 4 is 61.5 Å². The highest BCUT2D eigenvalue weighted by molar-refractivity contribution is 7.86. The average Bonchev–Trinajstić information content (AvgIpc) is 3.17. The van der Waals surface area contributed by atoms with Crippen LogP contribution in [-0.2, 0) is 33.7 Å². The monoisotopic (exact) mass is 592 g/mol. The minimum absolute atomic E-state index is 0.0780. The van der Waals surface area contributed by atoms with Crippen LogP contribution in [0, 0.1) is 24.0 Å². The summed E-state index contributed by atoms with van der Waals surface area (Å²) in [6, 6.07) is 13.1. The predicted octanol–water partition coefficient (Wildman–Crippen LogP) is 7.44. The number of aromatic nitrogens is 1. The van der Waals surface area contributed by atoms with Crippen LogP contribution in [0.1, 0.15) is 34.4 Å². The molecular weight excluding hydrogens is 571 g/mol. The number of nitro groups is 1. The van der Waals surface area contributed by atoms with Crippen LogP contribution in [0.2, 0.25) is 15.1 Å². The Morgan fingerprint density at radius 1 is 1.08 bits per heavy atom. The minimum Gasteiger partial charge on any atom is -0.334 e. The van der Waals surface area contributed by atoms with Gasteiger partial charge in [0.05, 0.1) is 27.5 Å². The number of halogens is 3. The quantitative estimate of drug-likeness (QED) is 0.132. The summed E-state index contributed by atoms with van der Waals surface area (Å²) in [7, 11) is -4.01. The van der Waals surface area contributed by atoms with E-state index in [0.717, 1.165) is 16.8 Å². The molecule has 4 aromatic rings. The van der Waals surface area contributed by atoms with Crippen molar-refractivity contribution in [3.8, 4) is 0 Å². The summed E-state index contributed by atoms with van der Waals surface area (Å²) in [6.45, 7) is 3.77. The van der Waals surface area contributed by atoms with Gasteiger partial charge in [0.25, 0.3) is 15.8 Å². The van der Waals surface area contributed by atoms with Crippen LogP contribution >= 0.6 is 34.8 Å². The van der Waals surface area contributed by atoms with Gasteiger partial charge in [-0.1, -0.05) is 58.6 Å². The Morgan fingerprint density at radius 3 is 2.37 bits per heavy atom. The van der Waals surface area contributed by atoms with Gasteiger partial charge in [0.15, 0.2) is 0 Å². The zero-order chi connectivity index (χ0) is 27.4. The van der Waals surface area contributed by atoms with E-state index in [1.807, 2.05) is 11.5 Å². The van der Waals surface area contributed by atoms with E-state index in [9.17, 15) is 18.5 Å². The molecule has 1 aliphatic rings. The first-order valence-corrected chi connectivity index (χ1v) is 14.4. The molecule has 0 radical (unpaired) electrons. The Balaban J connectivity index is 1.64. The van der Waals surface area contributed by atoms with Gasteiger partial charge in [-0.2, -0.15) is 8.42 Å². The molecule has 38 heavy (non-hydrogen) atoms. The molecule has 0 saturated carbocycles. The molecule has 11 heteroatoms. The van der Waals surface area contributed by atoms with Crippen molar-refractivity contribution in [2.24, 2.45) is 0 Å². The molecule has 0 N–H and O–H groups in total. The SMILES string of the molecule is Cc1ccc(S(=O)(=O)OC2CCc3c(c4c(Cl)c(C)cc([N+](=O)[O-])c4n3Cc3c(Cl)cccc3Cl)C2)cc1. The van der Waals surface area contributed by atoms with E-state index in [4.69, 9.17) is 39.0 Å². The molecule has 1 atom stereocenters. The Labute approximate surface area is 235 Å². The number of hydrogen-bond acceptors (Lipinski definition) is 5. The van der Waals surface area contributed by atoms with Crippen LogP contribution in [0.15, 0.2) is 53.4 Å². The highest BCUT2D eigenvalue weighted by Crippen LogP contribution is 2.44. The lowest BCUT2D eigenvalue weighted by atomic mass is 9.92. The number of non-ortho nitro benzene ring substituents is 1. The summed E-state index contributed by atoms with van der Waals surface area (Å²) in [5.74, 6) is 0. The molecular formula is C27H23Cl3N2O5S. The van der Waals surface area contributed by atoms with Crippen LogP contribution in [0.3, 0.4) is 0 Å². The van der Waals surface area contributed by atoms with Crippen molar-refractivity contribution < 1.29 is 17.5 Å². The van der Waals surface area contributed by atoms with Crippen molar-refractivity contribution in [3.63, 3.8) is 0 Å². The lowest BCUT2D eigenvalue weighted by molar-refractivity contribution is -0.383. The Bertz CT molecular complexity index is 1680. The number of hydrogen-bond donors (Lipinski definition) is 0. The largest absolute Gasteiger partial charge is 0.334 e. The lowest BCUT2D eigenvalue weighted by Gasteiger charge is -2.24. The van der Waals surface area contributed by atoms with Gasteiger partial charge in [-0.15, -0.1) is 0 Å². The van der Waals surface area contributed by atoms with Gasteiger partial charge in [-0.05, 0) is 62.1 Å². The third-order valence-electron chi connectivity index (χ3n) is 6.93. The second kappa shape index (κ2) is 10.2. The zero-order valence-corrected chi connectivity index (χ0v) is 23.6. The normalized spacial score (nSPS) is 15.6. The van der Waals surface area contributed by atoms with Crippen LogP contribution < -0.4 is 0 Å². The van der Waals surface area contributed by atoms with Crippen LogP contribution in [-0.4, -0.2) is 24.0 Å². The lowest BCUT2D eigenvalue weighted by Crippen LogP contribution is -2.26. The highest BCUT2D eigenvalue weighted by atomic mass is 35.5. The first kappa shape index (κ1) is 27.0. The molecule has 3 aromatic carbocycles. The van der Waals surface area contributed by atoms with Gasteiger partial charge in [0, 0.05) is 39.2 Å². The number of benzene rings is 3. The first-order chi connectivity index (χ1) is 18.0. The van der Waals surface area contributed by atoms with Crippen LogP contribution in [0.5, 0.6) is 0 Å². The molecule has 5 rings (SSSR count). The summed E-state index contributed by atoms with van der Waals surface area (Å²) in [5, 5.41) is 13.9. The van der Waals surface area contributed by atoms with E-state index in [1.54, 1.807) is 37.3 Å². The van der Waals surface area contributed by atoms with Crippen molar-refractivity contribution in [1.82, 2.24) is 4.57 Å². The number of nitrogens with zero attached hydrogens (tertiary/aromatic N) is 2. The second-order valence-corrected chi connectivity index (χ2v) is 12.2. The molecule has 1 aliphatic carbocycles. The standard InChI is InChI=1S/C27H23Cl3N2O5S/c1-15-6-9-18(10-7-15)38(35,36)37-17-8-11-23-19(13-17)25-26(30)16(2)12-24(32(33)34)27(25)31(23)14-20-21(28)4-3-5-22(20)29/h3-7,9-10,12,17H,8,11,13-14H2,1-2H3. The van der Waals surface area contributed by atoms with Crippen LogP contribution in [0.4, 0.5) is 5.69 Å². The first-order valence-electron chi connectivity index (χ1n) is 11.9. The topological polar surface area (TPSA) is 91.4 Å². The summed E-state index contributed by atoms with van der Waals surface area (Å²) < 4.78 is 33.5. The number of fused-ring (bicyclic) bond motifs is 3. The average molecular weight is 594 g/mol. The van der Waals surface area contributed by atoms with E-state index in [-0.39, 0.29) is 23.5 Å². The van der Waals surface area contributed by atoms with E-state index in [2.05, 4.69) is 0 Å². The van der Waals surface area contributed by atoms with Crippen molar-refractivity contribution in [3.05, 3.63) is 102 Å². The van der Waals surface area contributed by atoms with Gasteiger partial charge >= 0.3 is 0 Å². The molecule has 198 valence electrons. The fourth-order valence-corrected chi connectivity index (χ4v) is 6.95. The number of nitro benzene ring substituents is 1. The molecule has 0 aliphatic heterocycles. The van der Waals surface area contributed by atoms with Crippen molar-refractivity contribution in [2.75, 3.05) is 0 Å². The van der Waals surface area contributed by atoms with Crippen molar-refractivity contribution in [1.29, 1.82) is 0 Å². The minimum atomic E-state index is -4.01. The Kier molecular flexibility index (Phi) is 7.22. The Hall–Kier alpha value is -2.62. The van der Waals surface area contributed by atoms with Gasteiger partial charge in [0.2, 0.25) is 0 Å². The Morgan fingerprint density at radius 2 is 1.74 bits per heavy atom. The second-order valence-electron chi connectivity index (χ2n) is 9.45. The predicted molar refractivity (Wildman–Crippen MR) is 149 cm³/mol. The fraction of sp³-hybridized carbons (Fsp3) is 0.259. The maximum atomic E-state index is 13.0. The molecule has 1 aromatic heterocycles. The molecule has 0 fully saturated rings. The maximum Gasteiger partial charge on any atom is 0.297 e. The third kappa shape index (κ3) is 4.80. The van der Waals surface area contributed by atoms with E-state index in [1.165, 1.54) is 18.2 Å².